The van der Waals surface area contributed by atoms with Crippen LogP contribution in [0.15, 0.2) is 22.7 Å². The second-order valence-electron chi connectivity index (χ2n) is 5.90. The topological polar surface area (TPSA) is 38.0 Å². The Morgan fingerprint density at radius 2 is 2.05 bits per heavy atom. The molecule has 2 nitrogen and oxygen atoms in total. The van der Waals surface area contributed by atoms with Crippen LogP contribution in [0.3, 0.4) is 0 Å². The van der Waals surface area contributed by atoms with E-state index in [4.69, 9.17) is 18.0 Å². The number of hydrogen-bond acceptors (Lipinski definition) is 2. The van der Waals surface area contributed by atoms with Gasteiger partial charge in [-0.25, -0.2) is 0 Å². The van der Waals surface area contributed by atoms with Crippen molar-refractivity contribution in [2.24, 2.45) is 17.6 Å². The molecule has 0 amide bonds. The number of halogens is 1. The molecule has 1 saturated carbocycles. The van der Waals surface area contributed by atoms with Crippen LogP contribution in [-0.2, 0) is 0 Å². The van der Waals surface area contributed by atoms with E-state index in [0.29, 0.717) is 4.99 Å². The molecule has 3 N–H and O–H groups in total. The number of rotatable bonds is 5. The lowest BCUT2D eigenvalue weighted by Crippen LogP contribution is -2.17. The number of thiocarbonyl (C=S) groups is 1. The maximum absolute atomic E-state index is 5.77. The lowest BCUT2D eigenvalue weighted by atomic mass is 9.81. The van der Waals surface area contributed by atoms with Crippen molar-refractivity contribution in [1.82, 2.24) is 0 Å². The molecule has 1 aromatic carbocycles. The molecule has 0 atom stereocenters. The molecule has 1 aliphatic carbocycles. The summed E-state index contributed by atoms with van der Waals surface area (Å²) in [6, 6.07) is 6.00. The van der Waals surface area contributed by atoms with E-state index >= 15 is 0 Å². The fraction of sp³-hybridized carbons (Fsp3) is 0.562. The Balaban J connectivity index is 1.87. The number of nitrogens with two attached hydrogens (primary N) is 1. The van der Waals surface area contributed by atoms with Crippen molar-refractivity contribution in [3.63, 3.8) is 0 Å². The molecular weight excluding hydrogens is 332 g/mol. The van der Waals surface area contributed by atoms with Gasteiger partial charge in [0.2, 0.25) is 0 Å². The highest BCUT2D eigenvalue weighted by atomic mass is 79.9. The summed E-state index contributed by atoms with van der Waals surface area (Å²) in [5.74, 6) is 1.80. The first kappa shape index (κ1) is 15.8. The Morgan fingerprint density at radius 1 is 1.35 bits per heavy atom. The summed E-state index contributed by atoms with van der Waals surface area (Å²) in [7, 11) is 0. The van der Waals surface area contributed by atoms with Gasteiger partial charge in [-0.05, 0) is 36.5 Å². The molecule has 1 aromatic rings. The molecule has 0 bridgehead atoms. The summed E-state index contributed by atoms with van der Waals surface area (Å²) in [5.41, 5.74) is 7.74. The van der Waals surface area contributed by atoms with Crippen LogP contribution in [0.1, 0.15) is 44.6 Å². The van der Waals surface area contributed by atoms with Crippen LogP contribution in [-0.4, -0.2) is 11.5 Å². The van der Waals surface area contributed by atoms with E-state index in [9.17, 15) is 0 Å². The normalized spacial score (nSPS) is 22.5. The van der Waals surface area contributed by atoms with E-state index in [2.05, 4.69) is 34.2 Å². The smallest absolute Gasteiger partial charge is 0.106 e. The Kier molecular flexibility index (Phi) is 5.85. The van der Waals surface area contributed by atoms with E-state index < -0.39 is 0 Å². The molecule has 1 aliphatic rings. The first-order chi connectivity index (χ1) is 9.56. The van der Waals surface area contributed by atoms with Crippen molar-refractivity contribution in [3.05, 3.63) is 28.2 Å². The molecule has 0 radical (unpaired) electrons. The van der Waals surface area contributed by atoms with Crippen LogP contribution in [0.5, 0.6) is 0 Å². The van der Waals surface area contributed by atoms with Crippen molar-refractivity contribution in [3.8, 4) is 0 Å². The SMILES string of the molecule is CC1CCC(CCNc2cc(Br)ccc2C(N)=S)CC1. The van der Waals surface area contributed by atoms with Gasteiger partial charge < -0.3 is 11.1 Å². The maximum Gasteiger partial charge on any atom is 0.106 e. The molecule has 0 spiro atoms. The number of benzene rings is 1. The zero-order valence-corrected chi connectivity index (χ0v) is 14.4. The maximum atomic E-state index is 5.77. The van der Waals surface area contributed by atoms with Crippen LogP contribution >= 0.6 is 28.1 Å². The van der Waals surface area contributed by atoms with Gasteiger partial charge in [0.1, 0.15) is 4.99 Å². The Hall–Kier alpha value is -0.610. The van der Waals surface area contributed by atoms with Gasteiger partial charge in [-0.2, -0.15) is 0 Å². The summed E-state index contributed by atoms with van der Waals surface area (Å²) < 4.78 is 1.05. The molecule has 0 aliphatic heterocycles. The first-order valence-corrected chi connectivity index (χ1v) is 8.59. The van der Waals surface area contributed by atoms with Crippen molar-refractivity contribution >= 4 is 38.8 Å². The second kappa shape index (κ2) is 7.41. The molecule has 0 saturated heterocycles. The van der Waals surface area contributed by atoms with Crippen LogP contribution in [0.2, 0.25) is 0 Å². The Morgan fingerprint density at radius 3 is 2.70 bits per heavy atom. The quantitative estimate of drug-likeness (QED) is 0.751. The zero-order valence-electron chi connectivity index (χ0n) is 12.0. The molecule has 2 rings (SSSR count). The summed E-state index contributed by atoms with van der Waals surface area (Å²) in [5, 5.41) is 3.50. The standard InChI is InChI=1S/C16H23BrN2S/c1-11-2-4-12(5-3-11)8-9-19-15-10-13(17)6-7-14(15)16(18)20/h6-7,10-12,19H,2-5,8-9H2,1H3,(H2,18,20). The minimum absolute atomic E-state index is 0.450. The molecule has 110 valence electrons. The van der Waals surface area contributed by atoms with Crippen LogP contribution in [0.25, 0.3) is 0 Å². The van der Waals surface area contributed by atoms with E-state index in [1.54, 1.807) is 0 Å². The highest BCUT2D eigenvalue weighted by Crippen LogP contribution is 2.30. The largest absolute Gasteiger partial charge is 0.389 e. The number of hydrogen-bond donors (Lipinski definition) is 2. The van der Waals surface area contributed by atoms with Gasteiger partial charge in [-0.15, -0.1) is 0 Å². The Labute approximate surface area is 135 Å². The van der Waals surface area contributed by atoms with E-state index in [1.807, 2.05) is 12.1 Å². The van der Waals surface area contributed by atoms with Crippen LogP contribution < -0.4 is 11.1 Å². The molecule has 4 heteroatoms. The average Bonchev–Trinajstić information content (AvgIpc) is 2.41. The van der Waals surface area contributed by atoms with Gasteiger partial charge in [0, 0.05) is 22.3 Å². The van der Waals surface area contributed by atoms with Gasteiger partial charge in [-0.1, -0.05) is 60.8 Å². The first-order valence-electron chi connectivity index (χ1n) is 7.39. The van der Waals surface area contributed by atoms with Crippen LogP contribution in [0, 0.1) is 11.8 Å². The highest BCUT2D eigenvalue weighted by molar-refractivity contribution is 9.10. The van der Waals surface area contributed by atoms with E-state index in [1.165, 1.54) is 32.1 Å². The highest BCUT2D eigenvalue weighted by Gasteiger charge is 2.17. The lowest BCUT2D eigenvalue weighted by molar-refractivity contribution is 0.282. The summed E-state index contributed by atoms with van der Waals surface area (Å²) in [4.78, 5) is 0.450. The summed E-state index contributed by atoms with van der Waals surface area (Å²) in [6.45, 7) is 3.36. The molecule has 20 heavy (non-hydrogen) atoms. The third-order valence-electron chi connectivity index (χ3n) is 4.25. The number of nitrogens with one attached hydrogen (secondary N) is 1. The molecule has 1 fully saturated rings. The minimum Gasteiger partial charge on any atom is -0.389 e. The second-order valence-corrected chi connectivity index (χ2v) is 7.25. The minimum atomic E-state index is 0.450. The molecule has 0 aromatic heterocycles. The van der Waals surface area contributed by atoms with Gasteiger partial charge in [-0.3, -0.25) is 0 Å². The third kappa shape index (κ3) is 4.45. The molecule has 0 heterocycles. The van der Waals surface area contributed by atoms with Crippen molar-refractivity contribution in [1.29, 1.82) is 0 Å². The summed E-state index contributed by atoms with van der Waals surface area (Å²) >= 11 is 8.60. The predicted molar refractivity (Wildman–Crippen MR) is 94.3 cm³/mol. The monoisotopic (exact) mass is 354 g/mol. The summed E-state index contributed by atoms with van der Waals surface area (Å²) in [6.07, 6.45) is 6.77. The van der Waals surface area contributed by atoms with Crippen molar-refractivity contribution in [2.75, 3.05) is 11.9 Å². The van der Waals surface area contributed by atoms with Crippen molar-refractivity contribution < 1.29 is 0 Å². The van der Waals surface area contributed by atoms with Crippen LogP contribution in [0.4, 0.5) is 5.69 Å². The molecule has 0 unspecified atom stereocenters. The zero-order chi connectivity index (χ0) is 14.5. The lowest BCUT2D eigenvalue weighted by Gasteiger charge is -2.26. The van der Waals surface area contributed by atoms with E-state index in [0.717, 1.165) is 34.1 Å². The predicted octanol–water partition coefficient (Wildman–Crippen LogP) is 4.71. The fourth-order valence-corrected chi connectivity index (χ4v) is 3.45. The van der Waals surface area contributed by atoms with Gasteiger partial charge in [0.25, 0.3) is 0 Å². The van der Waals surface area contributed by atoms with Gasteiger partial charge in [0.15, 0.2) is 0 Å². The molecular formula is C16H23BrN2S. The number of anilines is 1. The van der Waals surface area contributed by atoms with Gasteiger partial charge in [0.05, 0.1) is 0 Å². The Bertz CT molecular complexity index is 468. The van der Waals surface area contributed by atoms with Gasteiger partial charge >= 0.3 is 0 Å². The fourth-order valence-electron chi connectivity index (χ4n) is 2.91. The third-order valence-corrected chi connectivity index (χ3v) is 4.96. The average molecular weight is 355 g/mol. The van der Waals surface area contributed by atoms with Crippen molar-refractivity contribution in [2.45, 2.75) is 39.0 Å². The van der Waals surface area contributed by atoms with E-state index in [-0.39, 0.29) is 0 Å².